The molecule has 1 spiro atoms. The van der Waals surface area contributed by atoms with Crippen molar-refractivity contribution in [3.05, 3.63) is 72.0 Å². The molecule has 1 saturated heterocycles. The topological polar surface area (TPSA) is 85.4 Å². The molecular weight excluding hydrogens is 487 g/mol. The van der Waals surface area contributed by atoms with Crippen LogP contribution in [0.5, 0.6) is 5.75 Å². The van der Waals surface area contributed by atoms with Crippen molar-refractivity contribution in [2.45, 2.75) is 22.0 Å². The van der Waals surface area contributed by atoms with Crippen LogP contribution in [0.3, 0.4) is 0 Å². The standard InChI is InChI=1S/C26H25FN2O6S/c1-28(2)17-5-11-24(22(27)15-17)29-23-12-10-20(36(31,32)19-8-6-18(33-3)7-9-19)16-21(23)26(25(29)30)34-13-4-14-35-26/h5-12,15-16H,4,13-14H2,1-3H3. The molecule has 2 aliphatic rings. The number of nitrogens with zero attached hydrogens (tertiary/aromatic N) is 2. The predicted molar refractivity (Wildman–Crippen MR) is 131 cm³/mol. The summed E-state index contributed by atoms with van der Waals surface area (Å²) in [5, 5.41) is 0. The second kappa shape index (κ2) is 8.88. The van der Waals surface area contributed by atoms with E-state index in [1.54, 1.807) is 37.2 Å². The van der Waals surface area contributed by atoms with Crippen molar-refractivity contribution in [1.82, 2.24) is 0 Å². The van der Waals surface area contributed by atoms with E-state index in [1.165, 1.54) is 54.5 Å². The highest BCUT2D eigenvalue weighted by Crippen LogP contribution is 2.50. The number of rotatable bonds is 5. The zero-order chi connectivity index (χ0) is 25.7. The highest BCUT2D eigenvalue weighted by molar-refractivity contribution is 7.91. The van der Waals surface area contributed by atoms with Crippen molar-refractivity contribution < 1.29 is 31.8 Å². The lowest BCUT2D eigenvalue weighted by atomic mass is 10.1. The monoisotopic (exact) mass is 512 g/mol. The number of benzene rings is 3. The van der Waals surface area contributed by atoms with Gasteiger partial charge in [-0.25, -0.2) is 12.8 Å². The van der Waals surface area contributed by atoms with Gasteiger partial charge >= 0.3 is 0 Å². The van der Waals surface area contributed by atoms with Crippen LogP contribution in [0, 0.1) is 5.82 Å². The van der Waals surface area contributed by atoms with E-state index in [0.29, 0.717) is 23.5 Å². The van der Waals surface area contributed by atoms with Gasteiger partial charge in [0.2, 0.25) is 9.84 Å². The van der Waals surface area contributed by atoms with Gasteiger partial charge in [-0.15, -0.1) is 0 Å². The number of hydrogen-bond donors (Lipinski definition) is 0. The fraction of sp³-hybridized carbons (Fsp3) is 0.269. The lowest BCUT2D eigenvalue weighted by Gasteiger charge is -2.32. The van der Waals surface area contributed by atoms with Crippen LogP contribution in [0.1, 0.15) is 12.0 Å². The van der Waals surface area contributed by atoms with Crippen LogP contribution in [-0.2, 0) is 29.9 Å². The number of sulfone groups is 1. The highest BCUT2D eigenvalue weighted by atomic mass is 32.2. The van der Waals surface area contributed by atoms with Gasteiger partial charge in [0.1, 0.15) is 11.6 Å². The number of methoxy groups -OCH3 is 1. The number of amides is 1. The Balaban J connectivity index is 1.65. The van der Waals surface area contributed by atoms with Crippen LogP contribution >= 0.6 is 0 Å². The van der Waals surface area contributed by atoms with E-state index in [9.17, 15) is 13.2 Å². The zero-order valence-corrected chi connectivity index (χ0v) is 20.8. The molecule has 188 valence electrons. The SMILES string of the molecule is COc1ccc(S(=O)(=O)c2ccc3c(c2)C2(OCCCO2)C(=O)N3c2ccc(N(C)C)cc2F)cc1. The molecule has 0 radical (unpaired) electrons. The molecule has 3 aromatic rings. The molecule has 0 aromatic heterocycles. The summed E-state index contributed by atoms with van der Waals surface area (Å²) in [5.74, 6) is -2.57. The Morgan fingerprint density at radius 2 is 1.58 bits per heavy atom. The van der Waals surface area contributed by atoms with Gasteiger partial charge in [-0.05, 0) is 67.1 Å². The fourth-order valence-electron chi connectivity index (χ4n) is 4.41. The minimum Gasteiger partial charge on any atom is -0.497 e. The molecule has 36 heavy (non-hydrogen) atoms. The van der Waals surface area contributed by atoms with E-state index >= 15 is 4.39 Å². The van der Waals surface area contributed by atoms with Gasteiger partial charge in [-0.3, -0.25) is 9.69 Å². The van der Waals surface area contributed by atoms with Crippen LogP contribution in [0.15, 0.2) is 70.5 Å². The summed E-state index contributed by atoms with van der Waals surface area (Å²) < 4.78 is 58.9. The average molecular weight is 513 g/mol. The molecule has 0 unspecified atom stereocenters. The lowest BCUT2D eigenvalue weighted by molar-refractivity contribution is -0.256. The van der Waals surface area contributed by atoms with Crippen molar-refractivity contribution in [3.8, 4) is 5.75 Å². The number of ether oxygens (including phenoxy) is 3. The van der Waals surface area contributed by atoms with Crippen LogP contribution in [0.2, 0.25) is 0 Å². The number of anilines is 3. The van der Waals surface area contributed by atoms with Gasteiger partial charge in [-0.2, -0.15) is 0 Å². The maximum Gasteiger partial charge on any atom is 0.297 e. The summed E-state index contributed by atoms with van der Waals surface area (Å²) in [7, 11) is 1.13. The van der Waals surface area contributed by atoms with Crippen molar-refractivity contribution in [2.75, 3.05) is 44.2 Å². The third-order valence-electron chi connectivity index (χ3n) is 6.32. The van der Waals surface area contributed by atoms with E-state index in [0.717, 1.165) is 0 Å². The summed E-state index contributed by atoms with van der Waals surface area (Å²) >= 11 is 0. The first kappa shape index (κ1) is 24.2. The maximum atomic E-state index is 15.2. The van der Waals surface area contributed by atoms with Crippen molar-refractivity contribution in [1.29, 1.82) is 0 Å². The van der Waals surface area contributed by atoms with Crippen LogP contribution in [0.25, 0.3) is 0 Å². The summed E-state index contributed by atoms with van der Waals surface area (Å²) in [6.45, 7) is 0.465. The van der Waals surface area contributed by atoms with Gasteiger partial charge in [0.15, 0.2) is 0 Å². The number of hydrogen-bond acceptors (Lipinski definition) is 7. The molecule has 0 aliphatic carbocycles. The molecule has 0 N–H and O–H groups in total. The van der Waals surface area contributed by atoms with Gasteiger partial charge in [0.25, 0.3) is 11.7 Å². The Morgan fingerprint density at radius 3 is 2.19 bits per heavy atom. The van der Waals surface area contributed by atoms with Crippen molar-refractivity contribution in [3.63, 3.8) is 0 Å². The summed E-state index contributed by atoms with van der Waals surface area (Å²) in [6.07, 6.45) is 0.570. The molecule has 1 fully saturated rings. The normalized spacial score (nSPS) is 16.8. The smallest absolute Gasteiger partial charge is 0.297 e. The van der Waals surface area contributed by atoms with Crippen molar-refractivity contribution >= 4 is 32.8 Å². The Morgan fingerprint density at radius 1 is 0.944 bits per heavy atom. The van der Waals surface area contributed by atoms with Crippen molar-refractivity contribution in [2.24, 2.45) is 0 Å². The summed E-state index contributed by atoms with van der Waals surface area (Å²) in [5.41, 5.74) is 1.17. The molecule has 10 heteroatoms. The van der Waals surface area contributed by atoms with Gasteiger partial charge in [0, 0.05) is 25.3 Å². The molecule has 1 amide bonds. The average Bonchev–Trinajstić information content (AvgIpc) is 3.11. The first-order valence-electron chi connectivity index (χ1n) is 11.3. The lowest BCUT2D eigenvalue weighted by Crippen LogP contribution is -2.46. The molecule has 0 bridgehead atoms. The van der Waals surface area contributed by atoms with E-state index in [-0.39, 0.29) is 34.3 Å². The predicted octanol–water partition coefficient (Wildman–Crippen LogP) is 4.00. The Hall–Kier alpha value is -3.47. The Bertz CT molecular complexity index is 1430. The highest BCUT2D eigenvalue weighted by Gasteiger charge is 2.56. The second-order valence-corrected chi connectivity index (χ2v) is 10.6. The van der Waals surface area contributed by atoms with E-state index in [4.69, 9.17) is 14.2 Å². The quantitative estimate of drug-likeness (QED) is 0.511. The summed E-state index contributed by atoms with van der Waals surface area (Å²) in [6, 6.07) is 14.8. The number of carbonyl (C=O) groups excluding carboxylic acids is 1. The van der Waals surface area contributed by atoms with Gasteiger partial charge < -0.3 is 19.1 Å². The van der Waals surface area contributed by atoms with Crippen LogP contribution in [0.4, 0.5) is 21.5 Å². The molecule has 2 aliphatic heterocycles. The van der Waals surface area contributed by atoms with Crippen LogP contribution in [-0.4, -0.2) is 48.7 Å². The minimum absolute atomic E-state index is 0.0206. The largest absolute Gasteiger partial charge is 0.497 e. The molecule has 2 heterocycles. The maximum absolute atomic E-state index is 15.2. The number of carbonyl (C=O) groups is 1. The van der Waals surface area contributed by atoms with E-state index < -0.39 is 27.3 Å². The molecule has 3 aromatic carbocycles. The molecule has 0 saturated carbocycles. The van der Waals surface area contributed by atoms with Gasteiger partial charge in [0.05, 0.1) is 41.5 Å². The third kappa shape index (κ3) is 3.73. The third-order valence-corrected chi connectivity index (χ3v) is 8.08. The van der Waals surface area contributed by atoms with E-state index in [1.807, 2.05) is 0 Å². The number of halogens is 1. The zero-order valence-electron chi connectivity index (χ0n) is 20.0. The van der Waals surface area contributed by atoms with Gasteiger partial charge in [-0.1, -0.05) is 0 Å². The Kier molecular flexibility index (Phi) is 5.98. The van der Waals surface area contributed by atoms with E-state index in [2.05, 4.69) is 0 Å². The molecule has 8 nitrogen and oxygen atoms in total. The fourth-order valence-corrected chi connectivity index (χ4v) is 5.70. The van der Waals surface area contributed by atoms with Crippen LogP contribution < -0.4 is 14.5 Å². The first-order valence-corrected chi connectivity index (χ1v) is 12.8. The molecule has 0 atom stereocenters. The number of fused-ring (bicyclic) bond motifs is 2. The molecular formula is C26H25FN2O6S. The summed E-state index contributed by atoms with van der Waals surface area (Å²) in [4.78, 5) is 16.7. The Labute approximate surface area is 208 Å². The minimum atomic E-state index is -3.94. The molecule has 5 rings (SSSR count). The first-order chi connectivity index (χ1) is 17.2. The second-order valence-electron chi connectivity index (χ2n) is 8.70.